The van der Waals surface area contributed by atoms with Crippen LogP contribution in [0.5, 0.6) is 0 Å². The average molecular weight is 254 g/mol. The van der Waals surface area contributed by atoms with Crippen molar-refractivity contribution >= 4 is 0 Å². The van der Waals surface area contributed by atoms with Crippen LogP contribution >= 0.6 is 0 Å². The number of benzene rings is 1. The Balaban J connectivity index is 2.66. The van der Waals surface area contributed by atoms with Crippen molar-refractivity contribution in [3.63, 3.8) is 0 Å². The van der Waals surface area contributed by atoms with Crippen LogP contribution in [0.2, 0.25) is 0 Å². The Morgan fingerprint density at radius 1 is 1.33 bits per heavy atom. The van der Waals surface area contributed by atoms with E-state index in [1.807, 2.05) is 11.0 Å². The first-order valence-electron chi connectivity index (χ1n) is 5.69. The van der Waals surface area contributed by atoms with Gasteiger partial charge in [-0.15, -0.1) is 0 Å². The quantitative estimate of drug-likeness (QED) is 0.749. The second-order valence-corrected chi connectivity index (χ2v) is 3.91. The van der Waals surface area contributed by atoms with Gasteiger partial charge in [0.1, 0.15) is 11.6 Å². The molecular formula is C13H16F2N2O. The summed E-state index contributed by atoms with van der Waals surface area (Å²) in [5, 5.41) is 8.57. The summed E-state index contributed by atoms with van der Waals surface area (Å²) in [6, 6.07) is 5.58. The molecule has 0 unspecified atom stereocenters. The van der Waals surface area contributed by atoms with Gasteiger partial charge in [-0.1, -0.05) is 6.07 Å². The zero-order chi connectivity index (χ0) is 13.4. The number of nitriles is 1. The molecule has 0 amide bonds. The van der Waals surface area contributed by atoms with Gasteiger partial charge in [-0.2, -0.15) is 5.26 Å². The maximum absolute atomic E-state index is 13.5. The topological polar surface area (TPSA) is 36.3 Å². The second kappa shape index (κ2) is 7.75. The van der Waals surface area contributed by atoms with Crippen molar-refractivity contribution in [1.29, 1.82) is 5.26 Å². The molecule has 0 N–H and O–H groups in total. The molecule has 1 aromatic rings. The van der Waals surface area contributed by atoms with Crippen molar-refractivity contribution in [2.75, 3.05) is 26.8 Å². The normalized spacial score (nSPS) is 10.6. The summed E-state index contributed by atoms with van der Waals surface area (Å²) in [7, 11) is 1.58. The number of nitrogens with zero attached hydrogens (tertiary/aromatic N) is 2. The van der Waals surface area contributed by atoms with E-state index in [0.717, 1.165) is 6.07 Å². The number of ether oxygens (including phenoxy) is 1. The summed E-state index contributed by atoms with van der Waals surface area (Å²) >= 11 is 0. The Morgan fingerprint density at radius 2 is 2.11 bits per heavy atom. The molecule has 0 spiro atoms. The molecular weight excluding hydrogens is 238 g/mol. The van der Waals surface area contributed by atoms with Crippen LogP contribution in [0.25, 0.3) is 0 Å². The van der Waals surface area contributed by atoms with Gasteiger partial charge in [0.2, 0.25) is 0 Å². The fourth-order valence-electron chi connectivity index (χ4n) is 1.59. The Labute approximate surface area is 106 Å². The molecule has 0 atom stereocenters. The first-order valence-corrected chi connectivity index (χ1v) is 5.69. The Hall–Kier alpha value is -1.51. The lowest BCUT2D eigenvalue weighted by molar-refractivity contribution is 0.144. The second-order valence-electron chi connectivity index (χ2n) is 3.91. The van der Waals surface area contributed by atoms with Crippen LogP contribution in [0.1, 0.15) is 12.0 Å². The van der Waals surface area contributed by atoms with Crippen molar-refractivity contribution < 1.29 is 13.5 Å². The van der Waals surface area contributed by atoms with Crippen molar-refractivity contribution in [2.45, 2.75) is 13.0 Å². The summed E-state index contributed by atoms with van der Waals surface area (Å²) in [5.41, 5.74) is 0.422. The molecule has 98 valence electrons. The lowest BCUT2D eigenvalue weighted by Gasteiger charge is -2.21. The van der Waals surface area contributed by atoms with Gasteiger partial charge >= 0.3 is 0 Å². The molecule has 0 bridgehead atoms. The molecule has 0 aliphatic heterocycles. The maximum Gasteiger partial charge on any atom is 0.130 e. The van der Waals surface area contributed by atoms with E-state index in [1.165, 1.54) is 12.1 Å². The summed E-state index contributed by atoms with van der Waals surface area (Å²) < 4.78 is 31.2. The van der Waals surface area contributed by atoms with Gasteiger partial charge in [0, 0.05) is 44.8 Å². The zero-order valence-electron chi connectivity index (χ0n) is 10.3. The van der Waals surface area contributed by atoms with E-state index in [9.17, 15) is 8.78 Å². The number of methoxy groups -OCH3 is 1. The maximum atomic E-state index is 13.5. The summed E-state index contributed by atoms with van der Waals surface area (Å²) in [6.45, 7) is 2.00. The van der Waals surface area contributed by atoms with E-state index in [1.54, 1.807) is 7.11 Å². The Kier molecular flexibility index (Phi) is 6.26. The molecule has 0 saturated heterocycles. The van der Waals surface area contributed by atoms with Crippen LogP contribution in [0.15, 0.2) is 18.2 Å². The Bertz CT molecular complexity index is 418. The van der Waals surface area contributed by atoms with Gasteiger partial charge in [0.05, 0.1) is 12.7 Å². The van der Waals surface area contributed by atoms with Crippen molar-refractivity contribution in [3.05, 3.63) is 35.4 Å². The van der Waals surface area contributed by atoms with Gasteiger partial charge in [0.15, 0.2) is 0 Å². The Morgan fingerprint density at radius 3 is 2.72 bits per heavy atom. The predicted molar refractivity (Wildman–Crippen MR) is 63.7 cm³/mol. The minimum absolute atomic E-state index is 0.344. The van der Waals surface area contributed by atoms with E-state index >= 15 is 0 Å². The minimum Gasteiger partial charge on any atom is -0.383 e. The van der Waals surface area contributed by atoms with Crippen molar-refractivity contribution in [3.8, 4) is 6.07 Å². The summed E-state index contributed by atoms with van der Waals surface area (Å²) in [4.78, 5) is 1.91. The monoisotopic (exact) mass is 254 g/mol. The largest absolute Gasteiger partial charge is 0.383 e. The van der Waals surface area contributed by atoms with E-state index < -0.39 is 11.6 Å². The highest BCUT2D eigenvalue weighted by Gasteiger charge is 2.10. The number of halogens is 2. The lowest BCUT2D eigenvalue weighted by atomic mass is 10.2. The molecule has 1 aromatic carbocycles. The van der Waals surface area contributed by atoms with Gasteiger partial charge in [-0.3, -0.25) is 4.90 Å². The predicted octanol–water partition coefficient (Wildman–Crippen LogP) is 2.33. The SMILES string of the molecule is COCCN(CCC#N)Cc1ccc(F)cc1F. The minimum atomic E-state index is -0.586. The average Bonchev–Trinajstić information content (AvgIpc) is 2.35. The standard InChI is InChI=1S/C13H16F2N2O/c1-18-8-7-17(6-2-5-16)10-11-3-4-12(14)9-13(11)15/h3-4,9H,2,6-8,10H2,1H3. The molecule has 0 aliphatic carbocycles. The summed E-state index contributed by atoms with van der Waals surface area (Å²) in [6.07, 6.45) is 0.368. The van der Waals surface area contributed by atoms with Crippen LogP contribution in [0.4, 0.5) is 8.78 Å². The van der Waals surface area contributed by atoms with E-state index in [2.05, 4.69) is 0 Å². The van der Waals surface area contributed by atoms with Gasteiger partial charge < -0.3 is 4.74 Å². The summed E-state index contributed by atoms with van der Waals surface area (Å²) in [5.74, 6) is -1.15. The molecule has 0 aromatic heterocycles. The first kappa shape index (κ1) is 14.6. The lowest BCUT2D eigenvalue weighted by Crippen LogP contribution is -2.28. The molecule has 0 heterocycles. The van der Waals surface area contributed by atoms with Gasteiger partial charge in [-0.05, 0) is 6.07 Å². The van der Waals surface area contributed by atoms with Crippen LogP contribution < -0.4 is 0 Å². The fourth-order valence-corrected chi connectivity index (χ4v) is 1.59. The van der Waals surface area contributed by atoms with Crippen LogP contribution in [0, 0.1) is 23.0 Å². The molecule has 0 aliphatic rings. The molecule has 0 fully saturated rings. The van der Waals surface area contributed by atoms with E-state index in [-0.39, 0.29) is 0 Å². The third-order valence-corrected chi connectivity index (χ3v) is 2.56. The van der Waals surface area contributed by atoms with E-state index in [0.29, 0.717) is 38.2 Å². The highest BCUT2D eigenvalue weighted by Crippen LogP contribution is 2.12. The molecule has 0 saturated carbocycles. The molecule has 3 nitrogen and oxygen atoms in total. The van der Waals surface area contributed by atoms with Crippen molar-refractivity contribution in [1.82, 2.24) is 4.90 Å². The highest BCUT2D eigenvalue weighted by molar-refractivity contribution is 5.18. The highest BCUT2D eigenvalue weighted by atomic mass is 19.1. The molecule has 0 radical (unpaired) electrons. The number of rotatable bonds is 7. The van der Waals surface area contributed by atoms with E-state index in [4.69, 9.17) is 10.00 Å². The molecule has 18 heavy (non-hydrogen) atoms. The number of hydrogen-bond acceptors (Lipinski definition) is 3. The zero-order valence-corrected chi connectivity index (χ0v) is 10.3. The van der Waals surface area contributed by atoms with Crippen molar-refractivity contribution in [2.24, 2.45) is 0 Å². The van der Waals surface area contributed by atoms with Crippen LogP contribution in [-0.4, -0.2) is 31.7 Å². The third-order valence-electron chi connectivity index (χ3n) is 2.56. The van der Waals surface area contributed by atoms with Crippen LogP contribution in [-0.2, 0) is 11.3 Å². The fraction of sp³-hybridized carbons (Fsp3) is 0.462. The third kappa shape index (κ3) is 4.78. The van der Waals surface area contributed by atoms with Gasteiger partial charge in [-0.25, -0.2) is 8.78 Å². The van der Waals surface area contributed by atoms with Gasteiger partial charge in [0.25, 0.3) is 0 Å². The smallest absolute Gasteiger partial charge is 0.130 e. The molecule has 5 heteroatoms. The number of hydrogen-bond donors (Lipinski definition) is 0. The molecule has 1 rings (SSSR count). The first-order chi connectivity index (χ1) is 8.67. The van der Waals surface area contributed by atoms with Crippen LogP contribution in [0.3, 0.4) is 0 Å².